The van der Waals surface area contributed by atoms with Crippen molar-refractivity contribution in [3.8, 4) is 11.4 Å². The van der Waals surface area contributed by atoms with Crippen molar-refractivity contribution < 1.29 is 9.53 Å². The molecule has 0 saturated heterocycles. The fraction of sp³-hybridized carbons (Fsp3) is 0.0833. The smallest absolute Gasteiger partial charge is 0.244 e. The van der Waals surface area contributed by atoms with E-state index in [4.69, 9.17) is 4.74 Å². The summed E-state index contributed by atoms with van der Waals surface area (Å²) in [5.74, 6) is 0.650. The van der Waals surface area contributed by atoms with Crippen LogP contribution in [0.15, 0.2) is 90.2 Å². The molecule has 0 spiro atoms. The van der Waals surface area contributed by atoms with E-state index in [1.165, 1.54) is 0 Å². The largest absolute Gasteiger partial charge is 0.497 e. The van der Waals surface area contributed by atoms with Crippen LogP contribution in [-0.2, 0) is 11.2 Å². The monoisotopic (exact) mass is 383 g/mol. The van der Waals surface area contributed by atoms with Gasteiger partial charge in [-0.3, -0.25) is 4.79 Å². The quantitative estimate of drug-likeness (QED) is 0.398. The molecule has 4 aromatic rings. The minimum Gasteiger partial charge on any atom is -0.497 e. The molecule has 4 rings (SSSR count). The van der Waals surface area contributed by atoms with Gasteiger partial charge in [-0.1, -0.05) is 42.5 Å². The molecule has 1 N–H and O–H groups in total. The first-order chi connectivity index (χ1) is 14.2. The van der Waals surface area contributed by atoms with Gasteiger partial charge >= 0.3 is 0 Å². The number of hydrogen-bond donors (Lipinski definition) is 1. The van der Waals surface area contributed by atoms with Gasteiger partial charge in [-0.05, 0) is 52.7 Å². The summed E-state index contributed by atoms with van der Waals surface area (Å²) in [5, 5.41) is 6.35. The van der Waals surface area contributed by atoms with E-state index < -0.39 is 0 Å². The Morgan fingerprint density at radius 2 is 1.79 bits per heavy atom. The molecule has 0 aliphatic rings. The molecule has 0 radical (unpaired) electrons. The second-order valence-corrected chi connectivity index (χ2v) is 6.61. The van der Waals surface area contributed by atoms with Crippen molar-refractivity contribution in [3.05, 3.63) is 96.3 Å². The van der Waals surface area contributed by atoms with Gasteiger partial charge in [0.25, 0.3) is 0 Å². The van der Waals surface area contributed by atoms with Crippen LogP contribution in [0.5, 0.6) is 5.75 Å². The van der Waals surface area contributed by atoms with Crippen LogP contribution < -0.4 is 10.2 Å². The SMILES string of the molecule is COc1ccc(-n2cccc2/C=N\NC(=O)Cc2cccc3ccccc23)cc1. The van der Waals surface area contributed by atoms with Crippen molar-refractivity contribution in [2.24, 2.45) is 5.10 Å². The Bertz CT molecular complexity index is 1150. The summed E-state index contributed by atoms with van der Waals surface area (Å²) in [4.78, 5) is 12.4. The van der Waals surface area contributed by atoms with Gasteiger partial charge in [0.2, 0.25) is 5.91 Å². The summed E-state index contributed by atoms with van der Waals surface area (Å²) in [7, 11) is 1.64. The lowest BCUT2D eigenvalue weighted by atomic mass is 10.0. The molecule has 1 amide bonds. The minimum absolute atomic E-state index is 0.153. The highest BCUT2D eigenvalue weighted by atomic mass is 16.5. The van der Waals surface area contributed by atoms with E-state index in [0.717, 1.165) is 33.5 Å². The van der Waals surface area contributed by atoms with Crippen LogP contribution in [-0.4, -0.2) is 23.8 Å². The third-order valence-electron chi connectivity index (χ3n) is 4.75. The molecule has 0 saturated carbocycles. The number of fused-ring (bicyclic) bond motifs is 1. The minimum atomic E-state index is -0.153. The van der Waals surface area contributed by atoms with Crippen LogP contribution in [0.25, 0.3) is 16.5 Å². The van der Waals surface area contributed by atoms with Gasteiger partial charge in [-0.2, -0.15) is 5.10 Å². The molecule has 0 unspecified atom stereocenters. The number of amides is 1. The van der Waals surface area contributed by atoms with Crippen molar-refractivity contribution in [2.45, 2.75) is 6.42 Å². The molecule has 1 aromatic heterocycles. The van der Waals surface area contributed by atoms with E-state index in [1.54, 1.807) is 13.3 Å². The molecule has 3 aromatic carbocycles. The fourth-order valence-electron chi connectivity index (χ4n) is 3.31. The molecule has 0 bridgehead atoms. The Morgan fingerprint density at radius 3 is 2.62 bits per heavy atom. The number of ether oxygens (including phenoxy) is 1. The summed E-state index contributed by atoms with van der Waals surface area (Å²) in [5.41, 5.74) is 5.46. The molecule has 0 atom stereocenters. The second kappa shape index (κ2) is 8.44. The summed E-state index contributed by atoms with van der Waals surface area (Å²) in [6, 6.07) is 25.6. The number of carbonyl (C=O) groups is 1. The van der Waals surface area contributed by atoms with E-state index in [9.17, 15) is 4.79 Å². The number of nitrogens with zero attached hydrogens (tertiary/aromatic N) is 2. The molecule has 0 fully saturated rings. The molecule has 5 nitrogen and oxygen atoms in total. The zero-order valence-electron chi connectivity index (χ0n) is 16.1. The van der Waals surface area contributed by atoms with Crippen LogP contribution in [0.1, 0.15) is 11.3 Å². The van der Waals surface area contributed by atoms with Crippen LogP contribution in [0, 0.1) is 0 Å². The number of benzene rings is 3. The van der Waals surface area contributed by atoms with Crippen LogP contribution in [0.4, 0.5) is 0 Å². The normalized spacial score (nSPS) is 11.1. The van der Waals surface area contributed by atoms with Crippen molar-refractivity contribution in [2.75, 3.05) is 7.11 Å². The number of hydrogen-bond acceptors (Lipinski definition) is 3. The highest BCUT2D eigenvalue weighted by molar-refractivity contribution is 5.90. The van der Waals surface area contributed by atoms with Gasteiger partial charge in [0, 0.05) is 11.9 Å². The predicted molar refractivity (Wildman–Crippen MR) is 116 cm³/mol. The summed E-state index contributed by atoms with van der Waals surface area (Å²) >= 11 is 0. The van der Waals surface area contributed by atoms with Crippen molar-refractivity contribution in [3.63, 3.8) is 0 Å². The van der Waals surface area contributed by atoms with Crippen molar-refractivity contribution >= 4 is 22.9 Å². The lowest BCUT2D eigenvalue weighted by molar-refractivity contribution is -0.120. The van der Waals surface area contributed by atoms with Crippen LogP contribution >= 0.6 is 0 Å². The second-order valence-electron chi connectivity index (χ2n) is 6.61. The van der Waals surface area contributed by atoms with E-state index >= 15 is 0 Å². The van der Waals surface area contributed by atoms with Gasteiger partial charge < -0.3 is 9.30 Å². The van der Waals surface area contributed by atoms with Gasteiger partial charge in [-0.15, -0.1) is 0 Å². The predicted octanol–water partition coefficient (Wildman–Crippen LogP) is 4.33. The lowest BCUT2D eigenvalue weighted by Crippen LogP contribution is -2.20. The van der Waals surface area contributed by atoms with Gasteiger partial charge in [0.05, 0.1) is 25.4 Å². The van der Waals surface area contributed by atoms with Gasteiger partial charge in [0.1, 0.15) is 5.75 Å². The Hall–Kier alpha value is -3.86. The zero-order chi connectivity index (χ0) is 20.1. The topological polar surface area (TPSA) is 55.6 Å². The highest BCUT2D eigenvalue weighted by Crippen LogP contribution is 2.19. The van der Waals surface area contributed by atoms with E-state index in [0.29, 0.717) is 0 Å². The van der Waals surface area contributed by atoms with E-state index in [2.05, 4.69) is 10.5 Å². The van der Waals surface area contributed by atoms with Crippen LogP contribution in [0.2, 0.25) is 0 Å². The average molecular weight is 383 g/mol. The maximum Gasteiger partial charge on any atom is 0.244 e. The number of rotatable bonds is 6. The summed E-state index contributed by atoms with van der Waals surface area (Å²) in [6.45, 7) is 0. The molecular formula is C24H21N3O2. The first-order valence-corrected chi connectivity index (χ1v) is 9.35. The summed E-state index contributed by atoms with van der Waals surface area (Å²) < 4.78 is 7.19. The first-order valence-electron chi connectivity index (χ1n) is 9.35. The number of hydrazone groups is 1. The number of methoxy groups -OCH3 is 1. The Morgan fingerprint density at radius 1 is 1.00 bits per heavy atom. The van der Waals surface area contributed by atoms with Gasteiger partial charge in [0.15, 0.2) is 0 Å². The highest BCUT2D eigenvalue weighted by Gasteiger charge is 2.06. The zero-order valence-corrected chi connectivity index (χ0v) is 16.1. The van der Waals surface area contributed by atoms with Crippen LogP contribution in [0.3, 0.4) is 0 Å². The third-order valence-corrected chi connectivity index (χ3v) is 4.75. The standard InChI is InChI=1S/C24H21N3O2/c1-29-22-13-11-20(12-14-22)27-15-5-9-21(27)17-25-26-24(28)16-19-8-4-7-18-6-2-3-10-23(18)19/h2-15,17H,16H2,1H3,(H,26,28)/b25-17-. The molecule has 0 aliphatic carbocycles. The molecule has 144 valence electrons. The maximum atomic E-state index is 12.4. The molecule has 0 aliphatic heterocycles. The van der Waals surface area contributed by atoms with Crippen molar-refractivity contribution in [1.82, 2.24) is 9.99 Å². The molecule has 1 heterocycles. The number of carbonyl (C=O) groups excluding carboxylic acids is 1. The Labute approximate surface area is 169 Å². The first kappa shape index (κ1) is 18.5. The number of nitrogens with one attached hydrogen (secondary N) is 1. The average Bonchev–Trinajstić information content (AvgIpc) is 3.22. The van der Waals surface area contributed by atoms with E-state index in [1.807, 2.05) is 89.6 Å². The number of aromatic nitrogens is 1. The Kier molecular flexibility index (Phi) is 5.38. The third kappa shape index (κ3) is 4.19. The Balaban J connectivity index is 1.44. The molecule has 5 heteroatoms. The molecular weight excluding hydrogens is 362 g/mol. The maximum absolute atomic E-state index is 12.4. The van der Waals surface area contributed by atoms with E-state index in [-0.39, 0.29) is 12.3 Å². The lowest BCUT2D eigenvalue weighted by Gasteiger charge is -2.08. The van der Waals surface area contributed by atoms with Gasteiger partial charge in [-0.25, -0.2) is 5.43 Å². The molecule has 29 heavy (non-hydrogen) atoms. The fourth-order valence-corrected chi connectivity index (χ4v) is 3.31. The summed E-state index contributed by atoms with van der Waals surface area (Å²) in [6.07, 6.45) is 3.87. The van der Waals surface area contributed by atoms with Crippen molar-refractivity contribution in [1.29, 1.82) is 0 Å².